The van der Waals surface area contributed by atoms with E-state index in [1.807, 2.05) is 6.92 Å². The van der Waals surface area contributed by atoms with Crippen LogP contribution in [-0.2, 0) is 14.6 Å². The Bertz CT molecular complexity index is 583. The Morgan fingerprint density at radius 3 is 2.33 bits per heavy atom. The van der Waals surface area contributed by atoms with Gasteiger partial charge in [-0.05, 0) is 44.2 Å². The molecular formula is C14H21NO4S2. The van der Waals surface area contributed by atoms with Crippen molar-refractivity contribution in [2.75, 3.05) is 18.6 Å². The topological polar surface area (TPSA) is 83.5 Å². The van der Waals surface area contributed by atoms with Gasteiger partial charge in [-0.3, -0.25) is 4.79 Å². The molecule has 0 spiro atoms. The lowest BCUT2D eigenvalue weighted by Crippen LogP contribution is -2.49. The van der Waals surface area contributed by atoms with Crippen molar-refractivity contribution >= 4 is 27.6 Å². The van der Waals surface area contributed by atoms with Gasteiger partial charge in [0.1, 0.15) is 5.54 Å². The Morgan fingerprint density at radius 1 is 1.33 bits per heavy atom. The van der Waals surface area contributed by atoms with E-state index in [0.717, 1.165) is 4.90 Å². The van der Waals surface area contributed by atoms with E-state index in [1.165, 1.54) is 18.0 Å². The highest BCUT2D eigenvalue weighted by Gasteiger charge is 2.31. The summed E-state index contributed by atoms with van der Waals surface area (Å²) in [5.74, 6) is -0.231. The van der Waals surface area contributed by atoms with Gasteiger partial charge in [0.05, 0.1) is 4.90 Å². The molecule has 1 rings (SSSR count). The molecule has 0 aliphatic carbocycles. The summed E-state index contributed by atoms with van der Waals surface area (Å²) in [6, 6.07) is 6.62. The van der Waals surface area contributed by atoms with E-state index in [2.05, 4.69) is 5.32 Å². The molecule has 0 heterocycles. The molecule has 7 heteroatoms. The van der Waals surface area contributed by atoms with Crippen LogP contribution in [0.5, 0.6) is 0 Å². The minimum absolute atomic E-state index is 0.287. The lowest BCUT2D eigenvalue weighted by Gasteiger charge is -2.25. The Hall–Kier alpha value is -1.05. The zero-order chi connectivity index (χ0) is 16.1. The second-order valence-electron chi connectivity index (χ2n) is 5.01. The van der Waals surface area contributed by atoms with E-state index in [1.54, 1.807) is 31.2 Å². The van der Waals surface area contributed by atoms with Crippen molar-refractivity contribution in [3.05, 3.63) is 24.3 Å². The van der Waals surface area contributed by atoms with Crippen LogP contribution in [0.15, 0.2) is 34.1 Å². The van der Waals surface area contributed by atoms with E-state index in [0.29, 0.717) is 18.7 Å². The number of nitrogens with one attached hydrogen (secondary N) is 1. The largest absolute Gasteiger partial charge is 0.480 e. The molecule has 21 heavy (non-hydrogen) atoms. The normalized spacial score (nSPS) is 14.6. The SMILES string of the molecule is CCNC(C)(CCSc1ccc(S(C)(=O)=O)cc1)C(=O)O. The van der Waals surface area contributed by atoms with Crippen molar-refractivity contribution in [1.29, 1.82) is 0 Å². The monoisotopic (exact) mass is 331 g/mol. The Labute approximate surface area is 130 Å². The van der Waals surface area contributed by atoms with E-state index >= 15 is 0 Å². The van der Waals surface area contributed by atoms with Crippen LogP contribution in [0, 0.1) is 0 Å². The smallest absolute Gasteiger partial charge is 0.323 e. The van der Waals surface area contributed by atoms with Crippen molar-refractivity contribution in [3.63, 3.8) is 0 Å². The number of carboxylic acids is 1. The predicted octanol–water partition coefficient (Wildman–Crippen LogP) is 2.03. The standard InChI is InChI=1S/C14H21NO4S2/c1-4-15-14(2,13(16)17)9-10-20-11-5-7-12(8-6-11)21(3,18)19/h5-8,15H,4,9-10H2,1-3H3,(H,16,17). The quantitative estimate of drug-likeness (QED) is 0.709. The van der Waals surface area contributed by atoms with Gasteiger partial charge in [-0.25, -0.2) is 8.42 Å². The molecule has 0 radical (unpaired) electrons. The first-order valence-corrected chi connectivity index (χ1v) is 9.48. The number of hydrogen-bond acceptors (Lipinski definition) is 5. The third-order valence-electron chi connectivity index (χ3n) is 3.16. The zero-order valence-corrected chi connectivity index (χ0v) is 14.1. The number of carbonyl (C=O) groups is 1. The highest BCUT2D eigenvalue weighted by Crippen LogP contribution is 2.23. The van der Waals surface area contributed by atoms with Crippen LogP contribution in [0.3, 0.4) is 0 Å². The number of benzene rings is 1. The molecule has 1 unspecified atom stereocenters. The third-order valence-corrected chi connectivity index (χ3v) is 5.30. The predicted molar refractivity (Wildman–Crippen MR) is 84.6 cm³/mol. The summed E-state index contributed by atoms with van der Waals surface area (Å²) in [7, 11) is -3.18. The summed E-state index contributed by atoms with van der Waals surface area (Å²) in [5, 5.41) is 12.2. The summed E-state index contributed by atoms with van der Waals surface area (Å²) in [5.41, 5.74) is -0.936. The Morgan fingerprint density at radius 2 is 1.90 bits per heavy atom. The van der Waals surface area contributed by atoms with E-state index < -0.39 is 21.3 Å². The van der Waals surface area contributed by atoms with Gasteiger partial charge in [-0.1, -0.05) is 6.92 Å². The molecule has 0 amide bonds. The molecule has 118 valence electrons. The van der Waals surface area contributed by atoms with Gasteiger partial charge in [0.15, 0.2) is 9.84 Å². The maximum absolute atomic E-state index is 11.4. The van der Waals surface area contributed by atoms with Crippen LogP contribution in [0.2, 0.25) is 0 Å². The summed E-state index contributed by atoms with van der Waals surface area (Å²) < 4.78 is 22.7. The molecule has 0 fully saturated rings. The van der Waals surface area contributed by atoms with Gasteiger partial charge in [0.2, 0.25) is 0 Å². The van der Waals surface area contributed by atoms with Crippen LogP contribution < -0.4 is 5.32 Å². The highest BCUT2D eigenvalue weighted by molar-refractivity contribution is 7.99. The molecular weight excluding hydrogens is 310 g/mol. The maximum atomic E-state index is 11.4. The van der Waals surface area contributed by atoms with Gasteiger partial charge < -0.3 is 10.4 Å². The average molecular weight is 331 g/mol. The fourth-order valence-corrected chi connectivity index (χ4v) is 3.52. The van der Waals surface area contributed by atoms with Gasteiger partial charge in [0.25, 0.3) is 0 Å². The molecule has 2 N–H and O–H groups in total. The number of sulfone groups is 1. The van der Waals surface area contributed by atoms with Crippen LogP contribution in [0.1, 0.15) is 20.3 Å². The lowest BCUT2D eigenvalue weighted by atomic mass is 9.99. The second-order valence-corrected chi connectivity index (χ2v) is 8.19. The Balaban J connectivity index is 2.62. The number of hydrogen-bond donors (Lipinski definition) is 2. The van der Waals surface area contributed by atoms with Gasteiger partial charge >= 0.3 is 5.97 Å². The first-order chi connectivity index (χ1) is 9.69. The minimum atomic E-state index is -3.18. The summed E-state index contributed by atoms with van der Waals surface area (Å²) in [6.07, 6.45) is 1.65. The van der Waals surface area contributed by atoms with Gasteiger partial charge in [-0.2, -0.15) is 0 Å². The molecule has 1 aromatic rings. The molecule has 0 saturated carbocycles. The molecule has 1 aromatic carbocycles. The summed E-state index contributed by atoms with van der Waals surface area (Å²) in [4.78, 5) is 12.5. The molecule has 0 bridgehead atoms. The average Bonchev–Trinajstić information content (AvgIpc) is 2.38. The number of rotatable bonds is 8. The molecule has 0 saturated heterocycles. The summed E-state index contributed by atoms with van der Waals surface area (Å²) in [6.45, 7) is 4.14. The van der Waals surface area contributed by atoms with Crippen molar-refractivity contribution in [3.8, 4) is 0 Å². The summed E-state index contributed by atoms with van der Waals surface area (Å²) >= 11 is 1.51. The molecule has 0 aromatic heterocycles. The number of carboxylic acid groups (broad SMARTS) is 1. The van der Waals surface area contributed by atoms with E-state index in [4.69, 9.17) is 0 Å². The van der Waals surface area contributed by atoms with Crippen molar-refractivity contribution in [2.24, 2.45) is 0 Å². The lowest BCUT2D eigenvalue weighted by molar-refractivity contribution is -0.144. The molecule has 0 aliphatic rings. The van der Waals surface area contributed by atoms with Crippen LogP contribution in [0.25, 0.3) is 0 Å². The van der Waals surface area contributed by atoms with Crippen molar-refractivity contribution in [2.45, 2.75) is 35.6 Å². The molecule has 1 atom stereocenters. The minimum Gasteiger partial charge on any atom is -0.480 e. The van der Waals surface area contributed by atoms with E-state index in [-0.39, 0.29) is 4.90 Å². The van der Waals surface area contributed by atoms with Crippen LogP contribution >= 0.6 is 11.8 Å². The maximum Gasteiger partial charge on any atom is 0.323 e. The number of aliphatic carboxylic acids is 1. The van der Waals surface area contributed by atoms with Crippen molar-refractivity contribution in [1.82, 2.24) is 5.32 Å². The van der Waals surface area contributed by atoms with Crippen LogP contribution in [0.4, 0.5) is 0 Å². The zero-order valence-electron chi connectivity index (χ0n) is 12.4. The third kappa shape index (κ3) is 5.33. The highest BCUT2D eigenvalue weighted by atomic mass is 32.2. The molecule has 5 nitrogen and oxygen atoms in total. The second kappa shape index (κ2) is 7.29. The molecule has 0 aliphatic heterocycles. The Kier molecular flexibility index (Phi) is 6.24. The van der Waals surface area contributed by atoms with Crippen LogP contribution in [-0.4, -0.2) is 43.6 Å². The van der Waals surface area contributed by atoms with Gasteiger partial charge in [-0.15, -0.1) is 11.8 Å². The fourth-order valence-electron chi connectivity index (χ4n) is 1.82. The fraction of sp³-hybridized carbons (Fsp3) is 0.500. The first kappa shape index (κ1) is 18.0. The van der Waals surface area contributed by atoms with Crippen molar-refractivity contribution < 1.29 is 18.3 Å². The van der Waals surface area contributed by atoms with E-state index in [9.17, 15) is 18.3 Å². The number of likely N-dealkylation sites (N-methyl/N-ethyl adjacent to an activating group) is 1. The van der Waals surface area contributed by atoms with Gasteiger partial charge in [0, 0.05) is 16.9 Å². The first-order valence-electron chi connectivity index (χ1n) is 6.60. The number of thioether (sulfide) groups is 1.